The molecule has 0 aliphatic carbocycles. The molecular formula is C33H34N4O4S. The Kier molecular flexibility index (Phi) is 7.03. The first-order valence-electron chi connectivity index (χ1n) is 14.1. The fourth-order valence-corrected chi connectivity index (χ4v) is 6.56. The van der Waals surface area contributed by atoms with E-state index < -0.39 is 15.6 Å². The van der Waals surface area contributed by atoms with Crippen molar-refractivity contribution in [1.82, 2.24) is 14.3 Å². The monoisotopic (exact) mass is 582 g/mol. The number of benzene rings is 3. The largest absolute Gasteiger partial charge is 0.444 e. The number of amides is 1. The lowest BCUT2D eigenvalue weighted by Gasteiger charge is -2.37. The molecule has 1 atom stereocenters. The third kappa shape index (κ3) is 5.37. The predicted octanol–water partition coefficient (Wildman–Crippen LogP) is 6.93. The Labute approximate surface area is 245 Å². The number of nitrogens with zero attached hydrogens (tertiary/aromatic N) is 3. The maximum Gasteiger partial charge on any atom is 0.410 e. The Morgan fingerprint density at radius 3 is 2.40 bits per heavy atom. The molecule has 3 heterocycles. The van der Waals surface area contributed by atoms with Gasteiger partial charge in [-0.05, 0) is 80.3 Å². The van der Waals surface area contributed by atoms with Crippen molar-refractivity contribution in [2.75, 3.05) is 6.54 Å². The summed E-state index contributed by atoms with van der Waals surface area (Å²) in [5.74, 6) is 0. The molecule has 2 N–H and O–H groups in total. The highest BCUT2D eigenvalue weighted by Crippen LogP contribution is 2.35. The number of hydrogen-bond acceptors (Lipinski definition) is 5. The van der Waals surface area contributed by atoms with Gasteiger partial charge >= 0.3 is 6.09 Å². The summed E-state index contributed by atoms with van der Waals surface area (Å²) in [5, 5.41) is 6.84. The molecule has 8 nitrogen and oxygen atoms in total. The minimum Gasteiger partial charge on any atom is -0.444 e. The first-order valence-corrected chi connectivity index (χ1v) is 15.7. The number of carbonyl (C=O) groups is 1. The van der Waals surface area contributed by atoms with Gasteiger partial charge in [0.2, 0.25) is 10.0 Å². The van der Waals surface area contributed by atoms with Crippen molar-refractivity contribution >= 4 is 32.5 Å². The maximum absolute atomic E-state index is 12.9. The summed E-state index contributed by atoms with van der Waals surface area (Å²) in [7, 11) is -3.87. The zero-order valence-corrected chi connectivity index (χ0v) is 24.8. The van der Waals surface area contributed by atoms with Crippen LogP contribution >= 0.6 is 0 Å². The highest BCUT2D eigenvalue weighted by Gasteiger charge is 2.31. The van der Waals surface area contributed by atoms with E-state index in [1.807, 2.05) is 60.5 Å². The van der Waals surface area contributed by atoms with Gasteiger partial charge in [0.15, 0.2) is 0 Å². The summed E-state index contributed by atoms with van der Waals surface area (Å²) in [5.41, 5.74) is 5.13. The second kappa shape index (κ2) is 10.6. The molecule has 1 fully saturated rings. The average Bonchev–Trinajstić information content (AvgIpc) is 3.38. The Balaban J connectivity index is 1.30. The van der Waals surface area contributed by atoms with E-state index in [1.54, 1.807) is 30.5 Å². The second-order valence-corrected chi connectivity index (χ2v) is 13.3. The Morgan fingerprint density at radius 2 is 1.69 bits per heavy atom. The number of sulfonamides is 1. The molecule has 6 rings (SSSR count). The van der Waals surface area contributed by atoms with Crippen molar-refractivity contribution in [1.29, 1.82) is 0 Å². The molecule has 3 aromatic carbocycles. The van der Waals surface area contributed by atoms with Crippen LogP contribution in [0.15, 0.2) is 90.1 Å². The third-order valence-electron chi connectivity index (χ3n) is 7.74. The van der Waals surface area contributed by atoms with Crippen LogP contribution in [0.3, 0.4) is 0 Å². The lowest BCUT2D eigenvalue weighted by atomic mass is 9.94. The van der Waals surface area contributed by atoms with Gasteiger partial charge in [-0.25, -0.2) is 23.3 Å². The van der Waals surface area contributed by atoms with Crippen LogP contribution in [0.25, 0.3) is 38.8 Å². The SMILES string of the molecule is CC(C)(C)OC(=O)N1CCCCC1c1ccc(-c2ccn3c(-c4ccc(S(N)(=O)=O)c5ccccc45)cnc3c2)cc1. The van der Waals surface area contributed by atoms with Crippen molar-refractivity contribution < 1.29 is 17.9 Å². The maximum atomic E-state index is 12.9. The normalized spacial score (nSPS) is 16.2. The minimum absolute atomic E-state index is 0.00421. The fourth-order valence-electron chi connectivity index (χ4n) is 5.82. The van der Waals surface area contributed by atoms with Crippen molar-refractivity contribution in [2.45, 2.75) is 56.6 Å². The number of imidazole rings is 1. The van der Waals surface area contributed by atoms with Crippen LogP contribution in [-0.4, -0.2) is 40.9 Å². The minimum atomic E-state index is -3.87. The molecule has 1 aliphatic rings. The number of primary sulfonamides is 1. The zero-order valence-electron chi connectivity index (χ0n) is 23.9. The van der Waals surface area contributed by atoms with Gasteiger partial charge < -0.3 is 9.64 Å². The zero-order chi connectivity index (χ0) is 29.6. The number of piperidine rings is 1. The topological polar surface area (TPSA) is 107 Å². The van der Waals surface area contributed by atoms with E-state index >= 15 is 0 Å². The van der Waals surface area contributed by atoms with Gasteiger partial charge in [-0.1, -0.05) is 54.6 Å². The molecule has 0 bridgehead atoms. The van der Waals surface area contributed by atoms with Crippen LogP contribution in [0.5, 0.6) is 0 Å². The highest BCUT2D eigenvalue weighted by molar-refractivity contribution is 7.89. The van der Waals surface area contributed by atoms with E-state index in [0.717, 1.165) is 58.2 Å². The molecule has 0 saturated carbocycles. The average molecular weight is 583 g/mol. The molecule has 1 aliphatic heterocycles. The number of fused-ring (bicyclic) bond motifs is 2. The van der Waals surface area contributed by atoms with E-state index in [9.17, 15) is 13.2 Å². The molecule has 1 amide bonds. The van der Waals surface area contributed by atoms with Gasteiger partial charge in [0.05, 0.1) is 22.8 Å². The Hall–Kier alpha value is -4.21. The van der Waals surface area contributed by atoms with Gasteiger partial charge in [-0.2, -0.15) is 0 Å². The summed E-state index contributed by atoms with van der Waals surface area (Å²) >= 11 is 0. The lowest BCUT2D eigenvalue weighted by Crippen LogP contribution is -2.41. The standard InChI is InChI=1S/C33H34N4O4S/c1-33(2,3)41-32(38)37-18-7-6-10-28(37)23-13-11-22(12-14-23)24-17-19-36-29(21-35-31(36)20-24)26-15-16-30(42(34,39)40)27-9-5-4-8-25(26)27/h4-5,8-9,11-17,19-21,28H,6-7,10,18H2,1-3H3,(H2,34,39,40). The van der Waals surface area contributed by atoms with Gasteiger partial charge in [-0.15, -0.1) is 0 Å². The smallest absolute Gasteiger partial charge is 0.410 e. The fraction of sp³-hybridized carbons (Fsp3) is 0.273. The van der Waals surface area contributed by atoms with Gasteiger partial charge in [-0.3, -0.25) is 4.40 Å². The second-order valence-electron chi connectivity index (χ2n) is 11.8. The predicted molar refractivity (Wildman–Crippen MR) is 164 cm³/mol. The highest BCUT2D eigenvalue weighted by atomic mass is 32.2. The number of nitrogens with two attached hydrogens (primary N) is 1. The molecule has 2 aromatic heterocycles. The first-order chi connectivity index (χ1) is 20.0. The van der Waals surface area contributed by atoms with Crippen LogP contribution < -0.4 is 5.14 Å². The lowest BCUT2D eigenvalue weighted by molar-refractivity contribution is 0.00951. The summed E-state index contributed by atoms with van der Waals surface area (Å²) in [6.07, 6.45) is 6.48. The third-order valence-corrected chi connectivity index (χ3v) is 8.71. The van der Waals surface area contributed by atoms with Gasteiger partial charge in [0.1, 0.15) is 11.2 Å². The van der Waals surface area contributed by atoms with Gasteiger partial charge in [0.25, 0.3) is 0 Å². The van der Waals surface area contributed by atoms with Crippen LogP contribution in [0.2, 0.25) is 0 Å². The summed E-state index contributed by atoms with van der Waals surface area (Å²) in [6, 6.07) is 23.1. The van der Waals surface area contributed by atoms with Crippen molar-refractivity contribution in [3.8, 4) is 22.4 Å². The van der Waals surface area contributed by atoms with E-state index in [2.05, 4.69) is 29.2 Å². The van der Waals surface area contributed by atoms with Crippen molar-refractivity contribution in [2.24, 2.45) is 5.14 Å². The molecule has 9 heteroatoms. The van der Waals surface area contributed by atoms with Crippen LogP contribution in [-0.2, 0) is 14.8 Å². The number of rotatable bonds is 4. The van der Waals surface area contributed by atoms with Crippen LogP contribution in [0, 0.1) is 0 Å². The van der Waals surface area contributed by atoms with E-state index in [4.69, 9.17) is 9.88 Å². The van der Waals surface area contributed by atoms with E-state index in [-0.39, 0.29) is 17.0 Å². The van der Waals surface area contributed by atoms with Crippen molar-refractivity contribution in [3.05, 3.63) is 90.8 Å². The number of pyridine rings is 1. The van der Waals surface area contributed by atoms with Gasteiger partial charge in [0, 0.05) is 23.7 Å². The summed E-state index contributed by atoms with van der Waals surface area (Å²) < 4.78 is 32.0. The Bertz CT molecular complexity index is 1910. The Morgan fingerprint density at radius 1 is 0.952 bits per heavy atom. The quantitative estimate of drug-likeness (QED) is 0.247. The number of ether oxygens (including phenoxy) is 1. The number of carbonyl (C=O) groups excluding carboxylic acids is 1. The van der Waals surface area contributed by atoms with Crippen LogP contribution in [0.4, 0.5) is 4.79 Å². The molecule has 42 heavy (non-hydrogen) atoms. The van der Waals surface area contributed by atoms with E-state index in [0.29, 0.717) is 11.9 Å². The molecule has 5 aromatic rings. The van der Waals surface area contributed by atoms with Crippen molar-refractivity contribution in [3.63, 3.8) is 0 Å². The van der Waals surface area contributed by atoms with E-state index in [1.165, 1.54) is 0 Å². The summed E-state index contributed by atoms with van der Waals surface area (Å²) in [6.45, 7) is 6.38. The number of likely N-dealkylation sites (tertiary alicyclic amines) is 1. The molecule has 1 unspecified atom stereocenters. The van der Waals surface area contributed by atoms with Crippen LogP contribution in [0.1, 0.15) is 51.6 Å². The number of aromatic nitrogens is 2. The first kappa shape index (κ1) is 27.9. The molecule has 216 valence electrons. The molecule has 0 radical (unpaired) electrons. The summed E-state index contributed by atoms with van der Waals surface area (Å²) in [4.78, 5) is 19.5. The molecule has 1 saturated heterocycles. The molecule has 0 spiro atoms. The number of hydrogen-bond donors (Lipinski definition) is 1. The molecular weight excluding hydrogens is 548 g/mol.